The lowest BCUT2D eigenvalue weighted by atomic mass is 10.1. The van der Waals surface area contributed by atoms with Crippen LogP contribution in [0.5, 0.6) is 0 Å². The molecule has 0 amide bonds. The third-order valence-corrected chi connectivity index (χ3v) is 4.47. The molecule has 1 saturated heterocycles. The predicted octanol–water partition coefficient (Wildman–Crippen LogP) is 3.35. The van der Waals surface area contributed by atoms with E-state index in [1.807, 2.05) is 6.20 Å². The van der Waals surface area contributed by atoms with Crippen molar-refractivity contribution in [2.75, 3.05) is 31.6 Å². The minimum absolute atomic E-state index is 0.752. The van der Waals surface area contributed by atoms with E-state index in [9.17, 15) is 0 Å². The molecule has 1 atom stereocenters. The Morgan fingerprint density at radius 3 is 2.82 bits per heavy atom. The van der Waals surface area contributed by atoms with Crippen LogP contribution in [0.25, 0.3) is 0 Å². The summed E-state index contributed by atoms with van der Waals surface area (Å²) >= 11 is 0. The average Bonchev–Trinajstić information content (AvgIpc) is 2.95. The third kappa shape index (κ3) is 3.86. The summed E-state index contributed by atoms with van der Waals surface area (Å²) in [6, 6.07) is 15.0. The fraction of sp³-hybridized carbons (Fsp3) is 0.421. The van der Waals surface area contributed by atoms with E-state index in [0.29, 0.717) is 0 Å². The highest BCUT2D eigenvalue weighted by molar-refractivity contribution is 5.45. The number of aryl methyl sites for hydroxylation is 1. The summed E-state index contributed by atoms with van der Waals surface area (Å²) in [5.74, 6) is 0.752. The van der Waals surface area contributed by atoms with Gasteiger partial charge in [-0.3, -0.25) is 9.88 Å². The topological polar surface area (TPSA) is 19.4 Å². The van der Waals surface area contributed by atoms with Crippen molar-refractivity contribution in [2.24, 2.45) is 5.92 Å². The molecule has 0 bridgehead atoms. The van der Waals surface area contributed by atoms with Gasteiger partial charge in [-0.25, -0.2) is 0 Å². The van der Waals surface area contributed by atoms with Crippen LogP contribution >= 0.6 is 0 Å². The van der Waals surface area contributed by atoms with Crippen molar-refractivity contribution in [3.05, 3.63) is 59.9 Å². The molecule has 0 N–H and O–H groups in total. The smallest absolute Gasteiger partial charge is 0.0397 e. The second-order valence-corrected chi connectivity index (χ2v) is 6.41. The van der Waals surface area contributed by atoms with E-state index in [2.05, 4.69) is 71.2 Å². The van der Waals surface area contributed by atoms with Crippen molar-refractivity contribution in [1.29, 1.82) is 0 Å². The Kier molecular flexibility index (Phi) is 4.74. The summed E-state index contributed by atoms with van der Waals surface area (Å²) in [4.78, 5) is 9.22. The SMILES string of the molecule is Cc1cc(N(C)CC2CCN(Cc3ccccc3)C2)ccn1. The molecule has 0 spiro atoms. The van der Waals surface area contributed by atoms with Crippen molar-refractivity contribution >= 4 is 5.69 Å². The second kappa shape index (κ2) is 6.93. The molecule has 0 radical (unpaired) electrons. The maximum Gasteiger partial charge on any atom is 0.0397 e. The van der Waals surface area contributed by atoms with Crippen molar-refractivity contribution < 1.29 is 0 Å². The number of hydrogen-bond donors (Lipinski definition) is 0. The van der Waals surface area contributed by atoms with Gasteiger partial charge in [0.1, 0.15) is 0 Å². The zero-order chi connectivity index (χ0) is 15.4. The van der Waals surface area contributed by atoms with Crippen LogP contribution in [0.3, 0.4) is 0 Å². The number of rotatable bonds is 5. The lowest BCUT2D eigenvalue weighted by molar-refractivity contribution is 0.317. The zero-order valence-corrected chi connectivity index (χ0v) is 13.6. The molecule has 1 aromatic heterocycles. The summed E-state index contributed by atoms with van der Waals surface area (Å²) in [7, 11) is 2.19. The Bertz CT molecular complexity index is 597. The van der Waals surface area contributed by atoms with Gasteiger partial charge in [-0.2, -0.15) is 0 Å². The van der Waals surface area contributed by atoms with Gasteiger partial charge in [0.25, 0.3) is 0 Å². The molecule has 3 rings (SSSR count). The Morgan fingerprint density at radius 1 is 1.23 bits per heavy atom. The largest absolute Gasteiger partial charge is 0.374 e. The van der Waals surface area contributed by atoms with Crippen LogP contribution in [-0.4, -0.2) is 36.6 Å². The summed E-state index contributed by atoms with van der Waals surface area (Å²) in [6.07, 6.45) is 3.19. The molecule has 116 valence electrons. The van der Waals surface area contributed by atoms with Crippen LogP contribution in [0.15, 0.2) is 48.7 Å². The normalized spacial score (nSPS) is 18.5. The van der Waals surface area contributed by atoms with Gasteiger partial charge in [0.2, 0.25) is 0 Å². The fourth-order valence-corrected chi connectivity index (χ4v) is 3.31. The first-order valence-corrected chi connectivity index (χ1v) is 8.11. The molecule has 2 heterocycles. The highest BCUT2D eigenvalue weighted by atomic mass is 15.2. The molecule has 22 heavy (non-hydrogen) atoms. The molecule has 2 aromatic rings. The lowest BCUT2D eigenvalue weighted by Crippen LogP contribution is -2.28. The van der Waals surface area contributed by atoms with E-state index < -0.39 is 0 Å². The predicted molar refractivity (Wildman–Crippen MR) is 92.1 cm³/mol. The van der Waals surface area contributed by atoms with Crippen molar-refractivity contribution in [3.63, 3.8) is 0 Å². The van der Waals surface area contributed by atoms with E-state index in [4.69, 9.17) is 0 Å². The molecule has 3 nitrogen and oxygen atoms in total. The Hall–Kier alpha value is -1.87. The number of anilines is 1. The fourth-order valence-electron chi connectivity index (χ4n) is 3.31. The minimum atomic E-state index is 0.752. The van der Waals surface area contributed by atoms with Crippen LogP contribution in [-0.2, 0) is 6.54 Å². The van der Waals surface area contributed by atoms with Crippen molar-refractivity contribution in [2.45, 2.75) is 19.9 Å². The van der Waals surface area contributed by atoms with Crippen molar-refractivity contribution in [3.8, 4) is 0 Å². The molecule has 1 aliphatic heterocycles. The maximum atomic E-state index is 4.28. The van der Waals surface area contributed by atoms with E-state index in [-0.39, 0.29) is 0 Å². The van der Waals surface area contributed by atoms with Crippen LogP contribution in [0.4, 0.5) is 5.69 Å². The quantitative estimate of drug-likeness (QED) is 0.843. The number of nitrogens with zero attached hydrogens (tertiary/aromatic N) is 3. The summed E-state index contributed by atoms with van der Waals surface area (Å²) < 4.78 is 0. The van der Waals surface area contributed by atoms with Gasteiger partial charge in [0.15, 0.2) is 0 Å². The van der Waals surface area contributed by atoms with E-state index >= 15 is 0 Å². The van der Waals surface area contributed by atoms with Gasteiger partial charge < -0.3 is 4.90 Å². The summed E-state index contributed by atoms with van der Waals surface area (Å²) in [6.45, 7) is 6.66. The van der Waals surface area contributed by atoms with Gasteiger partial charge >= 0.3 is 0 Å². The van der Waals surface area contributed by atoms with Crippen LogP contribution in [0.2, 0.25) is 0 Å². The van der Waals surface area contributed by atoms with E-state index in [0.717, 1.165) is 24.7 Å². The molecular weight excluding hydrogens is 270 g/mol. The first-order valence-electron chi connectivity index (χ1n) is 8.11. The Labute approximate surface area is 133 Å². The molecule has 1 aliphatic rings. The average molecular weight is 295 g/mol. The molecule has 1 fully saturated rings. The first-order chi connectivity index (χ1) is 10.7. The zero-order valence-electron chi connectivity index (χ0n) is 13.6. The van der Waals surface area contributed by atoms with E-state index in [1.54, 1.807) is 0 Å². The van der Waals surface area contributed by atoms with Gasteiger partial charge in [-0.05, 0) is 43.5 Å². The maximum absolute atomic E-state index is 4.28. The summed E-state index contributed by atoms with van der Waals surface area (Å²) in [5, 5.41) is 0. The number of aromatic nitrogens is 1. The molecule has 1 unspecified atom stereocenters. The first kappa shape index (κ1) is 15.0. The Balaban J connectivity index is 1.52. The standard InChI is InChI=1S/C19H25N3/c1-16-12-19(8-10-20-16)21(2)13-18-9-11-22(15-18)14-17-6-4-3-5-7-17/h3-8,10,12,18H,9,11,13-15H2,1-2H3. The lowest BCUT2D eigenvalue weighted by Gasteiger charge is -2.23. The van der Waals surface area contributed by atoms with Gasteiger partial charge in [-0.15, -0.1) is 0 Å². The van der Waals surface area contributed by atoms with E-state index in [1.165, 1.54) is 30.8 Å². The number of pyridine rings is 1. The molecule has 0 saturated carbocycles. The van der Waals surface area contributed by atoms with Crippen LogP contribution in [0.1, 0.15) is 17.7 Å². The highest BCUT2D eigenvalue weighted by Gasteiger charge is 2.23. The van der Waals surface area contributed by atoms with Gasteiger partial charge in [-0.1, -0.05) is 30.3 Å². The molecular formula is C19H25N3. The monoisotopic (exact) mass is 295 g/mol. The molecule has 1 aromatic carbocycles. The van der Waals surface area contributed by atoms with Gasteiger partial charge in [0.05, 0.1) is 0 Å². The van der Waals surface area contributed by atoms with Crippen molar-refractivity contribution in [1.82, 2.24) is 9.88 Å². The molecule has 0 aliphatic carbocycles. The summed E-state index contributed by atoms with van der Waals surface area (Å²) in [5.41, 5.74) is 3.77. The number of hydrogen-bond acceptors (Lipinski definition) is 3. The highest BCUT2D eigenvalue weighted by Crippen LogP contribution is 2.22. The minimum Gasteiger partial charge on any atom is -0.374 e. The van der Waals surface area contributed by atoms with Gasteiger partial charge in [0, 0.05) is 44.3 Å². The number of benzene rings is 1. The second-order valence-electron chi connectivity index (χ2n) is 6.41. The Morgan fingerprint density at radius 2 is 2.05 bits per heavy atom. The molecule has 3 heteroatoms. The van der Waals surface area contributed by atoms with Crippen LogP contribution < -0.4 is 4.90 Å². The third-order valence-electron chi connectivity index (χ3n) is 4.47. The van der Waals surface area contributed by atoms with Crippen LogP contribution in [0, 0.1) is 12.8 Å². The number of likely N-dealkylation sites (tertiary alicyclic amines) is 1.